The Morgan fingerprint density at radius 1 is 0.962 bits per heavy atom. The van der Waals surface area contributed by atoms with Crippen LogP contribution in [0, 0.1) is 13.8 Å². The molecule has 0 aliphatic rings. The highest BCUT2D eigenvalue weighted by Crippen LogP contribution is 2.27. The number of rotatable bonds is 7. The van der Waals surface area contributed by atoms with Crippen molar-refractivity contribution in [2.45, 2.75) is 26.8 Å². The fraction of sp³-hybridized carbons (Fsp3) is 0.350. The first-order valence-electron chi connectivity index (χ1n) is 8.33. The van der Waals surface area contributed by atoms with Gasteiger partial charge in [-0.1, -0.05) is 35.4 Å². The van der Waals surface area contributed by atoms with Crippen LogP contribution >= 0.6 is 24.0 Å². The first-order chi connectivity index (χ1) is 12.0. The molecule has 2 rings (SSSR count). The molecular formula is C20H28IN3O2. The summed E-state index contributed by atoms with van der Waals surface area (Å²) in [6.07, 6.45) is 0.912. The summed E-state index contributed by atoms with van der Waals surface area (Å²) in [6.45, 7) is 5.47. The third-order valence-corrected chi connectivity index (χ3v) is 3.88. The van der Waals surface area contributed by atoms with Crippen molar-refractivity contribution >= 4 is 29.9 Å². The van der Waals surface area contributed by atoms with E-state index in [1.165, 1.54) is 16.7 Å². The Morgan fingerprint density at radius 2 is 1.62 bits per heavy atom. The molecule has 6 heteroatoms. The van der Waals surface area contributed by atoms with Crippen molar-refractivity contribution in [1.82, 2.24) is 5.32 Å². The molecule has 5 nitrogen and oxygen atoms in total. The minimum atomic E-state index is 0. The number of hydrogen-bond donors (Lipinski definition) is 2. The van der Waals surface area contributed by atoms with Crippen LogP contribution in [0.1, 0.15) is 22.3 Å². The van der Waals surface area contributed by atoms with Crippen LogP contribution in [0.25, 0.3) is 0 Å². The minimum absolute atomic E-state index is 0. The highest BCUT2D eigenvalue weighted by Gasteiger charge is 2.04. The summed E-state index contributed by atoms with van der Waals surface area (Å²) in [5.41, 5.74) is 10.8. The maximum atomic E-state index is 5.96. The highest BCUT2D eigenvalue weighted by molar-refractivity contribution is 14.0. The Balaban J connectivity index is 0.00000338. The fourth-order valence-corrected chi connectivity index (χ4v) is 2.76. The molecule has 0 saturated carbocycles. The van der Waals surface area contributed by atoms with Crippen LogP contribution in [0.5, 0.6) is 11.5 Å². The largest absolute Gasteiger partial charge is 0.493 e. The molecule has 0 spiro atoms. The summed E-state index contributed by atoms with van der Waals surface area (Å²) < 4.78 is 10.5. The maximum Gasteiger partial charge on any atom is 0.188 e. The Morgan fingerprint density at radius 3 is 2.23 bits per heavy atom. The molecule has 0 unspecified atom stereocenters. The van der Waals surface area contributed by atoms with E-state index < -0.39 is 0 Å². The topological polar surface area (TPSA) is 68.9 Å². The van der Waals surface area contributed by atoms with Crippen molar-refractivity contribution in [2.24, 2.45) is 10.7 Å². The van der Waals surface area contributed by atoms with E-state index >= 15 is 0 Å². The quantitative estimate of drug-likeness (QED) is 0.370. The summed E-state index contributed by atoms with van der Waals surface area (Å²) in [7, 11) is 3.24. The predicted octanol–water partition coefficient (Wildman–Crippen LogP) is 3.59. The highest BCUT2D eigenvalue weighted by atomic mass is 127. The number of nitrogens with one attached hydrogen (secondary N) is 1. The Labute approximate surface area is 173 Å². The molecular weight excluding hydrogens is 441 g/mol. The number of aryl methyl sites for hydroxylation is 2. The molecule has 2 aromatic carbocycles. The van der Waals surface area contributed by atoms with E-state index in [9.17, 15) is 0 Å². The van der Waals surface area contributed by atoms with Gasteiger partial charge in [0.05, 0.1) is 20.8 Å². The number of ether oxygens (including phenoxy) is 2. The lowest BCUT2D eigenvalue weighted by Gasteiger charge is -2.09. The number of halogens is 1. The zero-order valence-corrected chi connectivity index (χ0v) is 18.2. The zero-order valence-electron chi connectivity index (χ0n) is 15.8. The van der Waals surface area contributed by atoms with Crippen molar-refractivity contribution in [3.8, 4) is 11.5 Å². The van der Waals surface area contributed by atoms with Gasteiger partial charge in [0, 0.05) is 6.54 Å². The fourth-order valence-electron chi connectivity index (χ4n) is 2.76. The van der Waals surface area contributed by atoms with Gasteiger partial charge in [0.15, 0.2) is 17.5 Å². The zero-order chi connectivity index (χ0) is 18.2. The number of aliphatic imine (C=N–C) groups is 1. The lowest BCUT2D eigenvalue weighted by molar-refractivity contribution is 0.354. The van der Waals surface area contributed by atoms with Crippen LogP contribution in [0.4, 0.5) is 0 Å². The second-order valence-electron chi connectivity index (χ2n) is 6.06. The van der Waals surface area contributed by atoms with E-state index in [-0.39, 0.29) is 24.0 Å². The van der Waals surface area contributed by atoms with Gasteiger partial charge in [-0.15, -0.1) is 24.0 Å². The first kappa shape index (κ1) is 22.1. The molecule has 26 heavy (non-hydrogen) atoms. The van der Waals surface area contributed by atoms with Crippen LogP contribution in [-0.2, 0) is 13.0 Å². The van der Waals surface area contributed by atoms with E-state index in [4.69, 9.17) is 15.2 Å². The van der Waals surface area contributed by atoms with Gasteiger partial charge < -0.3 is 20.5 Å². The van der Waals surface area contributed by atoms with E-state index in [1.807, 2.05) is 18.2 Å². The SMILES string of the molecule is COc1ccc(CN=C(N)NCCc2cc(C)cc(C)c2)cc1OC.I. The number of benzene rings is 2. The third-order valence-electron chi connectivity index (χ3n) is 3.88. The van der Waals surface area contributed by atoms with Crippen LogP contribution in [0.3, 0.4) is 0 Å². The average molecular weight is 469 g/mol. The lowest BCUT2D eigenvalue weighted by atomic mass is 10.1. The average Bonchev–Trinajstić information content (AvgIpc) is 2.58. The maximum absolute atomic E-state index is 5.96. The van der Waals surface area contributed by atoms with E-state index in [0.717, 1.165) is 18.5 Å². The van der Waals surface area contributed by atoms with Gasteiger partial charge in [0.25, 0.3) is 0 Å². The standard InChI is InChI=1S/C20H27N3O2.HI/c1-14-9-15(2)11-16(10-14)7-8-22-20(21)23-13-17-5-6-18(24-3)19(12-17)25-4;/h5-6,9-12H,7-8,13H2,1-4H3,(H3,21,22,23);1H. The van der Waals surface area contributed by atoms with Crippen molar-refractivity contribution < 1.29 is 9.47 Å². The van der Waals surface area contributed by atoms with Gasteiger partial charge in [0.2, 0.25) is 0 Å². The summed E-state index contributed by atoms with van der Waals surface area (Å²) in [5.74, 6) is 1.84. The second kappa shape index (κ2) is 10.9. The molecule has 2 aromatic rings. The molecule has 0 amide bonds. The monoisotopic (exact) mass is 469 g/mol. The first-order valence-corrected chi connectivity index (χ1v) is 8.33. The molecule has 0 aromatic heterocycles. The number of methoxy groups -OCH3 is 2. The van der Waals surface area contributed by atoms with Gasteiger partial charge in [-0.2, -0.15) is 0 Å². The minimum Gasteiger partial charge on any atom is -0.493 e. The lowest BCUT2D eigenvalue weighted by Crippen LogP contribution is -2.33. The number of nitrogens with two attached hydrogens (primary N) is 1. The van der Waals surface area contributed by atoms with Gasteiger partial charge in [-0.05, 0) is 43.5 Å². The van der Waals surface area contributed by atoms with Gasteiger partial charge in [-0.25, -0.2) is 4.99 Å². The Bertz CT molecular complexity index is 728. The van der Waals surface area contributed by atoms with E-state index in [1.54, 1.807) is 14.2 Å². The number of nitrogens with zero attached hydrogens (tertiary/aromatic N) is 1. The Hall–Kier alpha value is -1.96. The van der Waals surface area contributed by atoms with E-state index in [2.05, 4.69) is 42.4 Å². The van der Waals surface area contributed by atoms with Crippen molar-refractivity contribution in [1.29, 1.82) is 0 Å². The Kier molecular flexibility index (Phi) is 9.26. The van der Waals surface area contributed by atoms with Crippen LogP contribution < -0.4 is 20.5 Å². The molecule has 0 atom stereocenters. The summed E-state index contributed by atoms with van der Waals surface area (Å²) in [6, 6.07) is 12.3. The molecule has 0 fully saturated rings. The van der Waals surface area contributed by atoms with Crippen LogP contribution in [0.15, 0.2) is 41.4 Å². The van der Waals surface area contributed by atoms with E-state index in [0.29, 0.717) is 24.0 Å². The smallest absolute Gasteiger partial charge is 0.188 e. The molecule has 0 saturated heterocycles. The van der Waals surface area contributed by atoms with Crippen LogP contribution in [0.2, 0.25) is 0 Å². The van der Waals surface area contributed by atoms with Crippen molar-refractivity contribution in [3.63, 3.8) is 0 Å². The summed E-state index contributed by atoms with van der Waals surface area (Å²) >= 11 is 0. The van der Waals surface area contributed by atoms with Gasteiger partial charge in [-0.3, -0.25) is 0 Å². The predicted molar refractivity (Wildman–Crippen MR) is 118 cm³/mol. The molecule has 0 radical (unpaired) electrons. The molecule has 3 N–H and O–H groups in total. The molecule has 0 bridgehead atoms. The third kappa shape index (κ3) is 6.74. The van der Waals surface area contributed by atoms with Crippen molar-refractivity contribution in [2.75, 3.05) is 20.8 Å². The summed E-state index contributed by atoms with van der Waals surface area (Å²) in [4.78, 5) is 4.38. The molecule has 142 valence electrons. The second-order valence-corrected chi connectivity index (χ2v) is 6.06. The summed E-state index contributed by atoms with van der Waals surface area (Å²) in [5, 5.41) is 3.16. The van der Waals surface area contributed by atoms with Crippen molar-refractivity contribution in [3.05, 3.63) is 58.7 Å². The van der Waals surface area contributed by atoms with Gasteiger partial charge >= 0.3 is 0 Å². The molecule has 0 heterocycles. The number of guanidine groups is 1. The normalized spacial score (nSPS) is 10.8. The molecule has 0 aliphatic heterocycles. The number of hydrogen-bond acceptors (Lipinski definition) is 3. The van der Waals surface area contributed by atoms with Gasteiger partial charge in [0.1, 0.15) is 0 Å². The molecule has 0 aliphatic carbocycles. The van der Waals surface area contributed by atoms with Crippen LogP contribution in [-0.4, -0.2) is 26.7 Å².